The lowest BCUT2D eigenvalue weighted by Gasteiger charge is -2.33. The monoisotopic (exact) mass is 415 g/mol. The van der Waals surface area contributed by atoms with Crippen LogP contribution in [0.5, 0.6) is 5.75 Å². The number of rotatable bonds is 6. The summed E-state index contributed by atoms with van der Waals surface area (Å²) in [6.07, 6.45) is 0. The summed E-state index contributed by atoms with van der Waals surface area (Å²) in [5.41, 5.74) is 1.44. The SMILES string of the molecule is C[C@H]1C(=O)Nc2ccc(S(=O)(=O)N3CCN(CCOc4ccccc4)CC3)cc21. The van der Waals surface area contributed by atoms with Crippen molar-refractivity contribution in [3.63, 3.8) is 0 Å². The number of para-hydroxylation sites is 1. The molecule has 2 aromatic carbocycles. The summed E-state index contributed by atoms with van der Waals surface area (Å²) in [6, 6.07) is 14.6. The summed E-state index contributed by atoms with van der Waals surface area (Å²) < 4.78 is 33.4. The minimum Gasteiger partial charge on any atom is -0.492 e. The van der Waals surface area contributed by atoms with Gasteiger partial charge < -0.3 is 10.1 Å². The second kappa shape index (κ2) is 8.14. The maximum Gasteiger partial charge on any atom is 0.243 e. The highest BCUT2D eigenvalue weighted by Gasteiger charge is 2.32. The Morgan fingerprint density at radius 3 is 2.52 bits per heavy atom. The van der Waals surface area contributed by atoms with E-state index in [0.29, 0.717) is 38.5 Å². The van der Waals surface area contributed by atoms with Crippen LogP contribution < -0.4 is 10.1 Å². The molecule has 0 radical (unpaired) electrons. The normalized spacial score (nSPS) is 20.3. The van der Waals surface area contributed by atoms with Crippen molar-refractivity contribution in [2.75, 3.05) is 44.6 Å². The molecule has 0 spiro atoms. The topological polar surface area (TPSA) is 79.0 Å². The average molecular weight is 416 g/mol. The fraction of sp³-hybridized carbons (Fsp3) is 0.381. The van der Waals surface area contributed by atoms with E-state index in [1.54, 1.807) is 25.1 Å². The molecule has 0 unspecified atom stereocenters. The van der Waals surface area contributed by atoms with Crippen LogP contribution in [-0.4, -0.2) is 62.9 Å². The van der Waals surface area contributed by atoms with E-state index in [0.717, 1.165) is 17.9 Å². The first-order valence-corrected chi connectivity index (χ1v) is 11.2. The van der Waals surface area contributed by atoms with Crippen LogP contribution in [0.2, 0.25) is 0 Å². The van der Waals surface area contributed by atoms with Gasteiger partial charge in [0.15, 0.2) is 0 Å². The van der Waals surface area contributed by atoms with Crippen LogP contribution in [0, 0.1) is 0 Å². The second-order valence-corrected chi connectivity index (χ2v) is 9.31. The molecule has 2 heterocycles. The zero-order valence-electron chi connectivity index (χ0n) is 16.4. The Morgan fingerprint density at radius 2 is 1.79 bits per heavy atom. The molecule has 8 heteroatoms. The first-order valence-electron chi connectivity index (χ1n) is 9.80. The largest absolute Gasteiger partial charge is 0.492 e. The van der Waals surface area contributed by atoms with Gasteiger partial charge in [-0.2, -0.15) is 4.31 Å². The van der Waals surface area contributed by atoms with E-state index in [1.165, 1.54) is 4.31 Å². The van der Waals surface area contributed by atoms with Crippen LogP contribution >= 0.6 is 0 Å². The lowest BCUT2D eigenvalue weighted by molar-refractivity contribution is -0.116. The summed E-state index contributed by atoms with van der Waals surface area (Å²) >= 11 is 0. The van der Waals surface area contributed by atoms with Crippen LogP contribution in [0.3, 0.4) is 0 Å². The summed E-state index contributed by atoms with van der Waals surface area (Å²) in [5, 5.41) is 2.78. The average Bonchev–Trinajstić information content (AvgIpc) is 3.02. The first-order chi connectivity index (χ1) is 13.9. The van der Waals surface area contributed by atoms with Crippen LogP contribution in [0.25, 0.3) is 0 Å². The predicted octanol–water partition coefficient (Wildman–Crippen LogP) is 2.13. The highest BCUT2D eigenvalue weighted by Crippen LogP contribution is 2.34. The van der Waals surface area contributed by atoms with Gasteiger partial charge in [-0.05, 0) is 42.8 Å². The Morgan fingerprint density at radius 1 is 1.07 bits per heavy atom. The number of benzene rings is 2. The second-order valence-electron chi connectivity index (χ2n) is 7.37. The van der Waals surface area contributed by atoms with Gasteiger partial charge in [-0.3, -0.25) is 9.69 Å². The van der Waals surface area contributed by atoms with Crippen molar-refractivity contribution in [1.29, 1.82) is 0 Å². The van der Waals surface area contributed by atoms with Gasteiger partial charge >= 0.3 is 0 Å². The number of hydrogen-bond acceptors (Lipinski definition) is 5. The molecule has 0 aliphatic carbocycles. The Labute approximate surface area is 171 Å². The molecule has 7 nitrogen and oxygen atoms in total. The van der Waals surface area contributed by atoms with Crippen LogP contribution in [0.15, 0.2) is 53.4 Å². The minimum atomic E-state index is -3.58. The molecule has 1 saturated heterocycles. The smallest absolute Gasteiger partial charge is 0.243 e. The van der Waals surface area contributed by atoms with Crippen molar-refractivity contribution in [2.24, 2.45) is 0 Å². The number of nitrogens with one attached hydrogen (secondary N) is 1. The molecule has 154 valence electrons. The standard InChI is InChI=1S/C21H25N3O4S/c1-16-19-15-18(7-8-20(19)22-21(16)25)29(26,27)24-11-9-23(10-12-24)13-14-28-17-5-3-2-4-6-17/h2-8,15-16H,9-14H2,1H3,(H,22,25)/t16-/m1/s1. The van der Waals surface area contributed by atoms with Gasteiger partial charge in [0.25, 0.3) is 0 Å². The summed E-state index contributed by atoms with van der Waals surface area (Å²) in [5.74, 6) is 0.412. The van der Waals surface area contributed by atoms with Gasteiger partial charge in [0.1, 0.15) is 12.4 Å². The molecular formula is C21H25N3O4S. The van der Waals surface area contributed by atoms with E-state index in [2.05, 4.69) is 10.2 Å². The third-order valence-corrected chi connectivity index (χ3v) is 7.42. The summed E-state index contributed by atoms with van der Waals surface area (Å²) in [4.78, 5) is 14.3. The number of hydrogen-bond donors (Lipinski definition) is 1. The van der Waals surface area contributed by atoms with Gasteiger partial charge in [0, 0.05) is 38.4 Å². The van der Waals surface area contributed by atoms with Gasteiger partial charge in [0.05, 0.1) is 10.8 Å². The van der Waals surface area contributed by atoms with E-state index in [4.69, 9.17) is 4.74 Å². The molecule has 2 aliphatic heterocycles. The van der Waals surface area contributed by atoms with Crippen molar-refractivity contribution in [2.45, 2.75) is 17.7 Å². The van der Waals surface area contributed by atoms with E-state index >= 15 is 0 Å². The molecule has 4 rings (SSSR count). The highest BCUT2D eigenvalue weighted by atomic mass is 32.2. The molecular weight excluding hydrogens is 390 g/mol. The molecule has 1 atom stereocenters. The van der Waals surface area contributed by atoms with Crippen molar-refractivity contribution in [3.05, 3.63) is 54.1 Å². The van der Waals surface area contributed by atoms with Gasteiger partial charge in [-0.25, -0.2) is 8.42 Å². The van der Waals surface area contributed by atoms with Crippen molar-refractivity contribution < 1.29 is 17.9 Å². The van der Waals surface area contributed by atoms with Gasteiger partial charge in [-0.1, -0.05) is 18.2 Å². The van der Waals surface area contributed by atoms with Crippen molar-refractivity contribution in [1.82, 2.24) is 9.21 Å². The molecule has 0 bridgehead atoms. The first kappa shape index (κ1) is 19.9. The number of carbonyl (C=O) groups excluding carboxylic acids is 1. The zero-order valence-corrected chi connectivity index (χ0v) is 17.2. The zero-order chi connectivity index (χ0) is 20.4. The van der Waals surface area contributed by atoms with E-state index in [1.807, 2.05) is 30.3 Å². The van der Waals surface area contributed by atoms with E-state index < -0.39 is 10.0 Å². The van der Waals surface area contributed by atoms with Gasteiger partial charge in [0.2, 0.25) is 15.9 Å². The van der Waals surface area contributed by atoms with Crippen molar-refractivity contribution >= 4 is 21.6 Å². The molecule has 0 aromatic heterocycles. The van der Waals surface area contributed by atoms with Gasteiger partial charge in [-0.15, -0.1) is 0 Å². The fourth-order valence-electron chi connectivity index (χ4n) is 3.71. The van der Waals surface area contributed by atoms with Crippen LogP contribution in [-0.2, 0) is 14.8 Å². The van der Waals surface area contributed by atoms with Crippen molar-refractivity contribution in [3.8, 4) is 5.75 Å². The number of piperazine rings is 1. The molecule has 2 aliphatic rings. The highest BCUT2D eigenvalue weighted by molar-refractivity contribution is 7.89. The maximum atomic E-state index is 13.1. The van der Waals surface area contributed by atoms with Crippen LogP contribution in [0.4, 0.5) is 5.69 Å². The Balaban J connectivity index is 1.34. The lowest BCUT2D eigenvalue weighted by atomic mass is 10.0. The quantitative estimate of drug-likeness (QED) is 0.782. The summed E-state index contributed by atoms with van der Waals surface area (Å²) in [6.45, 7) is 5.33. The Kier molecular flexibility index (Phi) is 5.58. The summed E-state index contributed by atoms with van der Waals surface area (Å²) in [7, 11) is -3.58. The lowest BCUT2D eigenvalue weighted by Crippen LogP contribution is -2.49. The van der Waals surface area contributed by atoms with Crippen LogP contribution in [0.1, 0.15) is 18.4 Å². The number of fused-ring (bicyclic) bond motifs is 1. The molecule has 2 aromatic rings. The number of sulfonamides is 1. The number of amides is 1. The number of anilines is 1. The molecule has 29 heavy (non-hydrogen) atoms. The number of ether oxygens (including phenoxy) is 1. The molecule has 0 saturated carbocycles. The third-order valence-electron chi connectivity index (χ3n) is 5.53. The minimum absolute atomic E-state index is 0.0964. The third kappa shape index (κ3) is 4.14. The fourth-order valence-corrected chi connectivity index (χ4v) is 5.17. The molecule has 1 amide bonds. The molecule has 1 N–H and O–H groups in total. The number of nitrogens with zero attached hydrogens (tertiary/aromatic N) is 2. The van der Waals surface area contributed by atoms with E-state index in [-0.39, 0.29) is 16.7 Å². The van der Waals surface area contributed by atoms with E-state index in [9.17, 15) is 13.2 Å². The Hall–Kier alpha value is -2.42. The molecule has 1 fully saturated rings. The number of carbonyl (C=O) groups is 1. The Bertz CT molecular complexity index is 986. The predicted molar refractivity (Wildman–Crippen MR) is 111 cm³/mol. The maximum absolute atomic E-state index is 13.1.